The molecule has 2 rings (SSSR count). The Morgan fingerprint density at radius 2 is 1.33 bits per heavy atom. The lowest BCUT2D eigenvalue weighted by atomic mass is 10.1. The summed E-state index contributed by atoms with van der Waals surface area (Å²) in [5.41, 5.74) is 0.145. The first-order valence-electron chi connectivity index (χ1n) is 5.70. The van der Waals surface area contributed by atoms with Gasteiger partial charge < -0.3 is 0 Å². The van der Waals surface area contributed by atoms with Gasteiger partial charge in [-0.2, -0.15) is 13.2 Å². The van der Waals surface area contributed by atoms with Gasteiger partial charge in [0, 0.05) is 0 Å². The van der Waals surface area contributed by atoms with Crippen molar-refractivity contribution in [3.63, 3.8) is 0 Å². The number of hydrogen-bond acceptors (Lipinski definition) is 0. The van der Waals surface area contributed by atoms with Gasteiger partial charge in [-0.25, -0.2) is 0 Å². The van der Waals surface area contributed by atoms with Crippen molar-refractivity contribution in [3.8, 4) is 0 Å². The average Bonchev–Trinajstić information content (AvgIpc) is 2.40. The van der Waals surface area contributed by atoms with Crippen LogP contribution in [0.15, 0.2) is 60.7 Å². The molecule has 0 aliphatic carbocycles. The molecular formula is C15H15F3. The number of halogens is 3. The first kappa shape index (κ1) is 14.3. The van der Waals surface area contributed by atoms with Crippen LogP contribution in [0.25, 0.3) is 0 Å². The van der Waals surface area contributed by atoms with Crippen molar-refractivity contribution in [2.75, 3.05) is 0 Å². The molecule has 0 aliphatic heterocycles. The highest BCUT2D eigenvalue weighted by molar-refractivity contribution is 5.25. The molecular weight excluding hydrogens is 237 g/mol. The molecule has 0 heterocycles. The number of rotatable bonds is 1. The molecule has 0 radical (unpaired) electrons. The van der Waals surface area contributed by atoms with E-state index in [0.717, 1.165) is 6.07 Å². The maximum atomic E-state index is 12.1. The van der Waals surface area contributed by atoms with Crippen molar-refractivity contribution >= 4 is 0 Å². The Kier molecular flexibility index (Phi) is 5.43. The summed E-state index contributed by atoms with van der Waals surface area (Å²) in [6.07, 6.45) is -3.59. The number of hydrogen-bond donors (Lipinski definition) is 0. The van der Waals surface area contributed by atoms with E-state index in [1.807, 2.05) is 43.3 Å². The van der Waals surface area contributed by atoms with Gasteiger partial charge in [0.25, 0.3) is 0 Å². The number of alkyl halides is 3. The molecule has 0 saturated heterocycles. The molecule has 0 aromatic heterocycles. The van der Waals surface area contributed by atoms with E-state index < -0.39 is 11.7 Å². The van der Waals surface area contributed by atoms with Crippen LogP contribution in [-0.4, -0.2) is 0 Å². The van der Waals surface area contributed by atoms with Crippen LogP contribution >= 0.6 is 0 Å². The molecule has 0 nitrogen and oxygen atoms in total. The van der Waals surface area contributed by atoms with E-state index in [1.54, 1.807) is 6.07 Å². The fraction of sp³-hybridized carbons (Fsp3) is 0.200. The van der Waals surface area contributed by atoms with Gasteiger partial charge >= 0.3 is 6.18 Å². The summed E-state index contributed by atoms with van der Waals surface area (Å²) in [6.45, 7) is 1.83. The van der Waals surface area contributed by atoms with Crippen LogP contribution in [-0.2, 0) is 12.6 Å². The van der Waals surface area contributed by atoms with Gasteiger partial charge in [-0.05, 0) is 18.1 Å². The monoisotopic (exact) mass is 252 g/mol. The van der Waals surface area contributed by atoms with Crippen molar-refractivity contribution in [3.05, 3.63) is 71.8 Å². The van der Waals surface area contributed by atoms with Crippen molar-refractivity contribution in [2.45, 2.75) is 19.5 Å². The molecule has 2 aromatic rings. The summed E-state index contributed by atoms with van der Waals surface area (Å²) in [7, 11) is 0. The van der Waals surface area contributed by atoms with Crippen LogP contribution in [0.3, 0.4) is 0 Å². The zero-order valence-electron chi connectivity index (χ0n) is 10.1. The molecule has 2 aromatic carbocycles. The van der Waals surface area contributed by atoms with Crippen LogP contribution in [0.2, 0.25) is 0 Å². The highest BCUT2D eigenvalue weighted by Gasteiger charge is 2.30. The van der Waals surface area contributed by atoms with Gasteiger partial charge in [-0.1, -0.05) is 61.5 Å². The van der Waals surface area contributed by atoms with Crippen molar-refractivity contribution in [1.82, 2.24) is 0 Å². The predicted molar refractivity (Wildman–Crippen MR) is 67.3 cm³/mol. The van der Waals surface area contributed by atoms with Crippen molar-refractivity contribution in [2.24, 2.45) is 0 Å². The van der Waals surface area contributed by atoms with Crippen LogP contribution in [0, 0.1) is 0 Å². The molecule has 0 bridgehead atoms. The smallest absolute Gasteiger partial charge is 0.166 e. The lowest BCUT2D eigenvalue weighted by Crippen LogP contribution is -2.04. The standard InChI is InChI=1S/C9H9F3.C6H6/c1-2-7-4-3-5-8(6-7)9(10,11)12;1-2-4-6-5-3-1/h3-6H,2H2,1H3;1-6H. The largest absolute Gasteiger partial charge is 0.416 e. The summed E-state index contributed by atoms with van der Waals surface area (Å²) < 4.78 is 36.3. The zero-order valence-corrected chi connectivity index (χ0v) is 10.1. The first-order valence-corrected chi connectivity index (χ1v) is 5.70. The van der Waals surface area contributed by atoms with E-state index in [-0.39, 0.29) is 0 Å². The summed E-state index contributed by atoms with van der Waals surface area (Å²) >= 11 is 0. The lowest BCUT2D eigenvalue weighted by Gasteiger charge is -2.06. The predicted octanol–water partition coefficient (Wildman–Crippen LogP) is 4.95. The maximum Gasteiger partial charge on any atom is 0.416 e. The summed E-state index contributed by atoms with van der Waals surface area (Å²) in [5.74, 6) is 0. The topological polar surface area (TPSA) is 0 Å². The van der Waals surface area contributed by atoms with Gasteiger partial charge in [-0.3, -0.25) is 0 Å². The minimum atomic E-state index is -4.22. The second kappa shape index (κ2) is 6.84. The summed E-state index contributed by atoms with van der Waals surface area (Å²) in [6, 6.07) is 17.4. The Balaban J connectivity index is 0.000000225. The van der Waals surface area contributed by atoms with Crippen LogP contribution in [0.4, 0.5) is 13.2 Å². The molecule has 3 heteroatoms. The molecule has 0 N–H and O–H groups in total. The van der Waals surface area contributed by atoms with E-state index in [2.05, 4.69) is 0 Å². The molecule has 0 spiro atoms. The molecule has 0 fully saturated rings. The van der Waals surface area contributed by atoms with E-state index in [4.69, 9.17) is 0 Å². The Morgan fingerprint density at radius 1 is 0.833 bits per heavy atom. The van der Waals surface area contributed by atoms with E-state index in [1.165, 1.54) is 12.1 Å². The minimum Gasteiger partial charge on any atom is -0.166 e. The fourth-order valence-corrected chi connectivity index (χ4v) is 1.35. The molecule has 0 saturated carbocycles. The van der Waals surface area contributed by atoms with E-state index in [0.29, 0.717) is 12.0 Å². The third kappa shape index (κ3) is 5.04. The second-order valence-electron chi connectivity index (χ2n) is 3.71. The Labute approximate surface area is 105 Å². The molecule has 0 unspecified atom stereocenters. The van der Waals surface area contributed by atoms with E-state index >= 15 is 0 Å². The van der Waals surface area contributed by atoms with Crippen molar-refractivity contribution < 1.29 is 13.2 Å². The first-order chi connectivity index (χ1) is 8.54. The Bertz CT molecular complexity index is 420. The molecule has 0 aliphatic rings. The zero-order chi connectivity index (χ0) is 13.4. The highest BCUT2D eigenvalue weighted by Crippen LogP contribution is 2.29. The quantitative estimate of drug-likeness (QED) is 0.673. The summed E-state index contributed by atoms with van der Waals surface area (Å²) in [4.78, 5) is 0. The van der Waals surface area contributed by atoms with Gasteiger partial charge in [0.15, 0.2) is 0 Å². The van der Waals surface area contributed by atoms with Crippen LogP contribution in [0.1, 0.15) is 18.1 Å². The number of aryl methyl sites for hydroxylation is 1. The highest BCUT2D eigenvalue weighted by atomic mass is 19.4. The van der Waals surface area contributed by atoms with Gasteiger partial charge in [0.05, 0.1) is 5.56 Å². The van der Waals surface area contributed by atoms with Gasteiger partial charge in [-0.15, -0.1) is 0 Å². The molecule has 18 heavy (non-hydrogen) atoms. The Hall–Kier alpha value is -1.77. The average molecular weight is 252 g/mol. The van der Waals surface area contributed by atoms with E-state index in [9.17, 15) is 13.2 Å². The third-order valence-electron chi connectivity index (χ3n) is 2.33. The van der Waals surface area contributed by atoms with Crippen molar-refractivity contribution in [1.29, 1.82) is 0 Å². The van der Waals surface area contributed by atoms with Gasteiger partial charge in [0.1, 0.15) is 0 Å². The number of benzene rings is 2. The third-order valence-corrected chi connectivity index (χ3v) is 2.33. The van der Waals surface area contributed by atoms with Gasteiger partial charge in [0.2, 0.25) is 0 Å². The Morgan fingerprint density at radius 3 is 1.72 bits per heavy atom. The normalized spacial score (nSPS) is 10.4. The maximum absolute atomic E-state index is 12.1. The minimum absolute atomic E-state index is 0.568. The van der Waals surface area contributed by atoms with Crippen LogP contribution in [0.5, 0.6) is 0 Å². The second-order valence-corrected chi connectivity index (χ2v) is 3.71. The fourth-order valence-electron chi connectivity index (χ4n) is 1.35. The molecule has 0 amide bonds. The summed E-state index contributed by atoms with van der Waals surface area (Å²) in [5, 5.41) is 0. The molecule has 96 valence electrons. The van der Waals surface area contributed by atoms with Crippen LogP contribution < -0.4 is 0 Å². The lowest BCUT2D eigenvalue weighted by molar-refractivity contribution is -0.137. The molecule has 0 atom stereocenters. The SMILES string of the molecule is CCc1cccc(C(F)(F)F)c1.c1ccccc1.